The third-order valence-electron chi connectivity index (χ3n) is 14.0. The first-order valence-electron chi connectivity index (χ1n) is 28.4. The minimum atomic E-state index is -1.08. The monoisotopic (exact) mass is 1210 g/mol. The van der Waals surface area contributed by atoms with E-state index in [1.165, 1.54) is 39.6 Å². The lowest BCUT2D eigenvalue weighted by atomic mass is 9.85. The summed E-state index contributed by atoms with van der Waals surface area (Å²) in [5, 5.41) is 23.8. The molecule has 1 aliphatic carbocycles. The fraction of sp³-hybridized carbons (Fsp3) is 0.569. The van der Waals surface area contributed by atoms with E-state index in [1.54, 1.807) is 37.2 Å². The number of methoxy groups -OCH3 is 1. The van der Waals surface area contributed by atoms with Crippen LogP contribution in [0.3, 0.4) is 0 Å². The highest BCUT2D eigenvalue weighted by Crippen LogP contribution is 2.36. The number of fused-ring (bicyclic) bond motifs is 2. The third-order valence-corrected chi connectivity index (χ3v) is 15.8. The predicted molar refractivity (Wildman–Crippen MR) is 319 cm³/mol. The summed E-state index contributed by atoms with van der Waals surface area (Å²) < 4.78 is 28.1. The van der Waals surface area contributed by atoms with Crippen molar-refractivity contribution >= 4 is 84.7 Å². The maximum atomic E-state index is 14.5. The summed E-state index contributed by atoms with van der Waals surface area (Å²) in [4.78, 5) is 114. The van der Waals surface area contributed by atoms with Crippen LogP contribution in [0.2, 0.25) is 0 Å². The Morgan fingerprint density at radius 2 is 1.24 bits per heavy atom. The van der Waals surface area contributed by atoms with Crippen molar-refractivity contribution in [3.05, 3.63) is 46.4 Å². The van der Waals surface area contributed by atoms with Gasteiger partial charge in [0.15, 0.2) is 11.6 Å². The van der Waals surface area contributed by atoms with Crippen LogP contribution in [0, 0.1) is 19.3 Å². The van der Waals surface area contributed by atoms with Gasteiger partial charge in [0.2, 0.25) is 29.4 Å². The molecule has 6 atom stereocenters. The van der Waals surface area contributed by atoms with Gasteiger partial charge in [0.05, 0.1) is 48.7 Å². The molecule has 8 heterocycles. The molecule has 0 spiro atoms. The number of nitrogens with one attached hydrogen (secondary N) is 4. The lowest BCUT2D eigenvalue weighted by Crippen LogP contribution is -2.61. The molecule has 0 radical (unpaired) electrons. The molecule has 2 aliphatic heterocycles. The molecule has 9 rings (SSSR count). The molecule has 1 saturated carbocycles. The zero-order valence-corrected chi connectivity index (χ0v) is 52.6. The summed E-state index contributed by atoms with van der Waals surface area (Å²) >= 11 is 2.88. The molecule has 3 aliphatic rings. The number of amides is 6. The average molecular weight is 1210 g/mol. The first-order chi connectivity index (χ1) is 39.9. The van der Waals surface area contributed by atoms with E-state index < -0.39 is 94.5 Å². The van der Waals surface area contributed by atoms with Crippen LogP contribution in [0.15, 0.2) is 35.0 Å². The van der Waals surface area contributed by atoms with Crippen LogP contribution in [0.25, 0.3) is 43.5 Å². The molecule has 3 fully saturated rings. The van der Waals surface area contributed by atoms with Crippen molar-refractivity contribution < 1.29 is 52.5 Å². The Morgan fingerprint density at radius 3 is 1.68 bits per heavy atom. The summed E-state index contributed by atoms with van der Waals surface area (Å²) in [5.41, 5.74) is 2.55. The molecular weight excluding hydrogens is 1130 g/mol. The quantitative estimate of drug-likeness (QED) is 0.0577. The Labute approximate surface area is 501 Å². The molecule has 6 amide bonds. The zero-order valence-electron chi connectivity index (χ0n) is 50.9. The minimum absolute atomic E-state index is 0.00233. The lowest BCUT2D eigenvalue weighted by Gasteiger charge is -2.36. The highest BCUT2D eigenvalue weighted by molar-refractivity contribution is 7.17. The van der Waals surface area contributed by atoms with Gasteiger partial charge in [-0.15, -0.1) is 22.7 Å². The number of thiophene rings is 2. The number of nitrogens with zero attached hydrogens (tertiary/aromatic N) is 10. The molecular formula is C58H78N14O11S2. The van der Waals surface area contributed by atoms with Crippen molar-refractivity contribution in [1.82, 2.24) is 70.6 Å². The fourth-order valence-electron chi connectivity index (χ4n) is 9.95. The fourth-order valence-corrected chi connectivity index (χ4v) is 11.5. The van der Waals surface area contributed by atoms with E-state index >= 15 is 0 Å². The van der Waals surface area contributed by atoms with Gasteiger partial charge in [-0.3, -0.25) is 33.4 Å². The highest BCUT2D eigenvalue weighted by Gasteiger charge is 2.48. The van der Waals surface area contributed by atoms with Crippen LogP contribution in [0.4, 0.5) is 9.59 Å². The summed E-state index contributed by atoms with van der Waals surface area (Å²) in [7, 11) is 4.94. The van der Waals surface area contributed by atoms with E-state index in [2.05, 4.69) is 41.4 Å². The molecule has 2 saturated heterocycles. The number of rotatable bonds is 16. The number of ketones is 1. The van der Waals surface area contributed by atoms with Crippen molar-refractivity contribution in [2.75, 3.05) is 20.2 Å². The van der Waals surface area contributed by atoms with Gasteiger partial charge in [-0.25, -0.2) is 24.4 Å². The van der Waals surface area contributed by atoms with E-state index in [0.717, 1.165) is 40.1 Å². The number of carbonyl (C=O) groups is 7. The molecule has 25 nitrogen and oxygen atoms in total. The number of likely N-dealkylation sites (tertiary alicyclic amines) is 2. The summed E-state index contributed by atoms with van der Waals surface area (Å²) in [6.07, 6.45) is 1.00. The van der Waals surface area contributed by atoms with Gasteiger partial charge < -0.3 is 45.1 Å². The Balaban J connectivity index is 0.000000244. The molecule has 85 heavy (non-hydrogen) atoms. The molecule has 0 unspecified atom stereocenters. The van der Waals surface area contributed by atoms with Crippen molar-refractivity contribution in [3.8, 4) is 34.8 Å². The van der Waals surface area contributed by atoms with Crippen molar-refractivity contribution in [2.45, 2.75) is 175 Å². The van der Waals surface area contributed by atoms with Gasteiger partial charge >= 0.3 is 18.1 Å². The van der Waals surface area contributed by atoms with Crippen LogP contribution >= 0.6 is 22.7 Å². The number of aryl methyl sites for hydroxylation is 4. The average Bonchev–Trinajstić information content (AvgIpc) is 2.18. The van der Waals surface area contributed by atoms with Crippen LogP contribution in [0.1, 0.15) is 119 Å². The van der Waals surface area contributed by atoms with Gasteiger partial charge in [-0.05, 0) is 115 Å². The molecule has 6 aromatic heterocycles. The second-order valence-corrected chi connectivity index (χ2v) is 26.6. The van der Waals surface area contributed by atoms with Crippen LogP contribution < -0.4 is 30.7 Å². The molecule has 458 valence electrons. The van der Waals surface area contributed by atoms with Crippen molar-refractivity contribution in [2.24, 2.45) is 19.5 Å². The van der Waals surface area contributed by atoms with Crippen LogP contribution in [0.5, 0.6) is 11.8 Å². The topological polar surface area (TPSA) is 298 Å². The number of Topliss-reactive ketones (excluding diaryl/α,β-unsaturated/α-hetero) is 1. The van der Waals surface area contributed by atoms with Gasteiger partial charge in [-0.2, -0.15) is 20.2 Å². The van der Waals surface area contributed by atoms with Gasteiger partial charge in [0, 0.05) is 38.5 Å². The predicted octanol–water partition coefficient (Wildman–Crippen LogP) is 6.72. The molecule has 0 bridgehead atoms. The van der Waals surface area contributed by atoms with Gasteiger partial charge in [0.1, 0.15) is 56.7 Å². The second-order valence-electron chi connectivity index (χ2n) is 24.8. The number of urea groups is 1. The molecule has 27 heteroatoms. The van der Waals surface area contributed by atoms with E-state index in [1.807, 2.05) is 104 Å². The van der Waals surface area contributed by atoms with E-state index in [4.69, 9.17) is 28.9 Å². The Bertz CT molecular complexity index is 3480. The third kappa shape index (κ3) is 15.6. The highest BCUT2D eigenvalue weighted by atomic mass is 32.1. The normalized spacial score (nSPS) is 18.7. The van der Waals surface area contributed by atoms with Gasteiger partial charge in [0.25, 0.3) is 5.91 Å². The number of hydrogen-bond acceptors (Lipinski definition) is 19. The van der Waals surface area contributed by atoms with E-state index in [9.17, 15) is 33.6 Å². The summed E-state index contributed by atoms with van der Waals surface area (Å²) in [6, 6.07) is 3.04. The Kier molecular flexibility index (Phi) is 18.9. The van der Waals surface area contributed by atoms with Crippen molar-refractivity contribution in [1.29, 1.82) is 0 Å². The minimum Gasteiger partial charge on any atom is -0.471 e. The molecule has 4 N–H and O–H groups in total. The summed E-state index contributed by atoms with van der Waals surface area (Å²) in [5.74, 6) is -1.43. The number of ether oxygens (including phenoxy) is 4. The van der Waals surface area contributed by atoms with Crippen molar-refractivity contribution in [3.63, 3.8) is 0 Å². The SMILES string of the molecule is CCC[C@H](NC(=O)[C@@H]1C[C@@H](Oc2nc(-c3cc(C)nn3C)nc3ccsc23)CN1C(=O)[C@@H](NC(=O)NC(C)(C)C)C(C)(C)C)C(=O)C(=O)NC1CC1.COC(=O)[C@@H]1C[C@@H](Oc2nc(-c3cc(C)nn3C)nc3ccsc23)CN1C(=O)OC(C)(C)C. The number of esters is 1. The first-order valence-corrected chi connectivity index (χ1v) is 30.1. The first kappa shape index (κ1) is 63.2. The van der Waals surface area contributed by atoms with E-state index in [0.29, 0.717) is 45.7 Å². The molecule has 6 aromatic rings. The summed E-state index contributed by atoms with van der Waals surface area (Å²) in [6.45, 7) is 22.1. The Morgan fingerprint density at radius 1 is 0.718 bits per heavy atom. The maximum absolute atomic E-state index is 14.5. The Hall–Kier alpha value is -7.81. The van der Waals surface area contributed by atoms with Gasteiger partial charge in [-0.1, -0.05) is 34.1 Å². The second kappa shape index (κ2) is 25.4. The number of hydrogen-bond donors (Lipinski definition) is 4. The standard InChI is InChI=1S/C36H51N9O6S.C22H27N5O5S/c1-10-11-22(26(46)31(48)37-20-12-13-20)39-30(47)25-17-21(18-45(25)33(49)28(35(3,4)5)40-34(50)42-36(6,7)8)51-32-27-23(14-15-52-27)38-29(41-32)24-16-19(2)43-44(24)9;1-12-9-15(26(5)25-12)18-23-14-7-8-33-17(14)19(24-18)31-13-10-16(20(28)30-6)27(11-13)21(29)32-22(2,3)4/h14-16,20-22,25,28H,10-13,17-18H2,1-9H3,(H,37,48)(H,39,47)(H2,40,42,50);7-9,13,16H,10-11H2,1-6H3/t21-,22+,25+,28-;13-,16+/m11/s1. The number of aromatic nitrogens is 8. The zero-order chi connectivity index (χ0) is 62.0. The van der Waals surface area contributed by atoms with Crippen LogP contribution in [-0.2, 0) is 47.5 Å². The largest absolute Gasteiger partial charge is 0.471 e. The van der Waals surface area contributed by atoms with E-state index in [-0.39, 0.29) is 38.4 Å². The lowest BCUT2D eigenvalue weighted by molar-refractivity contribution is -0.145. The number of carbonyl (C=O) groups excluding carboxylic acids is 7. The maximum Gasteiger partial charge on any atom is 0.411 e. The smallest absolute Gasteiger partial charge is 0.411 e. The molecule has 0 aromatic carbocycles. The van der Waals surface area contributed by atoms with Crippen LogP contribution in [-0.4, -0.2) is 165 Å².